The van der Waals surface area contributed by atoms with Crippen LogP contribution in [0.1, 0.15) is 27.3 Å². The number of nitrogens with one attached hydrogen (secondary N) is 4. The topological polar surface area (TPSA) is 108 Å². The summed E-state index contributed by atoms with van der Waals surface area (Å²) in [4.78, 5) is 33.3. The summed E-state index contributed by atoms with van der Waals surface area (Å²) in [5.74, 6) is 1.29. The van der Waals surface area contributed by atoms with Crippen LogP contribution in [-0.4, -0.2) is 29.0 Å². The predicted molar refractivity (Wildman–Crippen MR) is 118 cm³/mol. The van der Waals surface area contributed by atoms with Crippen LogP contribution in [0.4, 0.5) is 22.1 Å². The molecular formula is C22H24N6O2. The van der Waals surface area contributed by atoms with Crippen molar-refractivity contribution >= 4 is 29.3 Å². The van der Waals surface area contributed by atoms with Crippen LogP contribution in [0.2, 0.25) is 0 Å². The number of aryl methyl sites for hydroxylation is 2. The fourth-order valence-electron chi connectivity index (χ4n) is 2.81. The average molecular weight is 404 g/mol. The Morgan fingerprint density at radius 3 is 2.37 bits per heavy atom. The summed E-state index contributed by atoms with van der Waals surface area (Å²) in [6.07, 6.45) is 0. The Bertz CT molecular complexity index is 1050. The molecule has 0 atom stereocenters. The van der Waals surface area contributed by atoms with Gasteiger partial charge in [0.1, 0.15) is 17.5 Å². The molecule has 4 N–H and O–H groups in total. The summed E-state index contributed by atoms with van der Waals surface area (Å²) < 4.78 is 0. The Hall–Kier alpha value is -3.94. The van der Waals surface area contributed by atoms with E-state index in [1.165, 1.54) is 0 Å². The number of aromatic nitrogens is 2. The molecule has 8 nitrogen and oxygen atoms in total. The summed E-state index contributed by atoms with van der Waals surface area (Å²) in [5.41, 5.74) is 2.85. The highest BCUT2D eigenvalue weighted by molar-refractivity contribution is 6.01. The zero-order chi connectivity index (χ0) is 21.5. The maximum atomic E-state index is 12.5. The number of carbonyl (C=O) groups excluding carboxylic acids is 2. The molecule has 0 spiro atoms. The van der Waals surface area contributed by atoms with Gasteiger partial charge < -0.3 is 16.0 Å². The van der Waals surface area contributed by atoms with Gasteiger partial charge in [0.15, 0.2) is 0 Å². The fourth-order valence-corrected chi connectivity index (χ4v) is 2.81. The van der Waals surface area contributed by atoms with Crippen molar-refractivity contribution in [3.8, 4) is 0 Å². The Morgan fingerprint density at radius 2 is 1.63 bits per heavy atom. The molecule has 0 bridgehead atoms. The minimum atomic E-state index is -0.458. The van der Waals surface area contributed by atoms with Crippen molar-refractivity contribution < 1.29 is 9.59 Å². The Kier molecular flexibility index (Phi) is 6.59. The number of rotatable bonds is 6. The van der Waals surface area contributed by atoms with Gasteiger partial charge in [0.25, 0.3) is 5.91 Å². The SMILES string of the molecule is CNc1cc(NC(=O)Nc2cc(C(=O)NCc3ccccc3)ccc2C)nc(C)n1. The van der Waals surface area contributed by atoms with Crippen molar-refractivity contribution in [1.82, 2.24) is 15.3 Å². The summed E-state index contributed by atoms with van der Waals surface area (Å²) >= 11 is 0. The first-order valence-corrected chi connectivity index (χ1v) is 9.49. The van der Waals surface area contributed by atoms with E-state index in [9.17, 15) is 9.59 Å². The van der Waals surface area contributed by atoms with Gasteiger partial charge in [0, 0.05) is 30.9 Å². The van der Waals surface area contributed by atoms with Crippen molar-refractivity contribution in [2.24, 2.45) is 0 Å². The molecule has 0 aliphatic carbocycles. The normalized spacial score (nSPS) is 10.2. The van der Waals surface area contributed by atoms with Crippen LogP contribution in [-0.2, 0) is 6.54 Å². The molecule has 0 aliphatic rings. The standard InChI is InChI=1S/C22H24N6O2/c1-14-9-10-17(21(29)24-13-16-7-5-4-6-8-16)11-18(14)27-22(30)28-20-12-19(23-3)25-15(2)26-20/h4-12H,13H2,1-3H3,(H,24,29)(H3,23,25,26,27,28,30). The van der Waals surface area contributed by atoms with Crippen molar-refractivity contribution in [1.29, 1.82) is 0 Å². The smallest absolute Gasteiger partial charge is 0.324 e. The van der Waals surface area contributed by atoms with E-state index in [1.54, 1.807) is 38.2 Å². The second kappa shape index (κ2) is 9.51. The highest BCUT2D eigenvalue weighted by Gasteiger charge is 2.11. The van der Waals surface area contributed by atoms with Crippen molar-refractivity contribution in [2.45, 2.75) is 20.4 Å². The first-order chi connectivity index (χ1) is 14.4. The maximum Gasteiger partial charge on any atom is 0.324 e. The molecule has 30 heavy (non-hydrogen) atoms. The zero-order valence-electron chi connectivity index (χ0n) is 17.1. The lowest BCUT2D eigenvalue weighted by Gasteiger charge is -2.12. The van der Waals surface area contributed by atoms with Gasteiger partial charge in [-0.1, -0.05) is 36.4 Å². The molecule has 2 aromatic carbocycles. The summed E-state index contributed by atoms with van der Waals surface area (Å²) in [7, 11) is 1.74. The van der Waals surface area contributed by atoms with E-state index in [0.29, 0.717) is 35.3 Å². The highest BCUT2D eigenvalue weighted by Crippen LogP contribution is 2.18. The molecule has 0 aliphatic heterocycles. The Labute approximate surface area is 175 Å². The van der Waals surface area contributed by atoms with E-state index in [2.05, 4.69) is 31.2 Å². The molecule has 0 saturated carbocycles. The summed E-state index contributed by atoms with van der Waals surface area (Å²) in [5, 5.41) is 11.3. The minimum Gasteiger partial charge on any atom is -0.373 e. The van der Waals surface area contributed by atoms with Gasteiger partial charge in [0.2, 0.25) is 0 Å². The molecular weight excluding hydrogens is 380 g/mol. The van der Waals surface area contributed by atoms with Gasteiger partial charge in [-0.15, -0.1) is 0 Å². The lowest BCUT2D eigenvalue weighted by atomic mass is 10.1. The molecule has 0 fully saturated rings. The van der Waals surface area contributed by atoms with E-state index in [-0.39, 0.29) is 5.91 Å². The average Bonchev–Trinajstić information content (AvgIpc) is 2.73. The van der Waals surface area contributed by atoms with Gasteiger partial charge >= 0.3 is 6.03 Å². The number of nitrogens with zero attached hydrogens (tertiary/aromatic N) is 2. The molecule has 0 unspecified atom stereocenters. The monoisotopic (exact) mass is 404 g/mol. The van der Waals surface area contributed by atoms with Crippen LogP contribution in [0, 0.1) is 13.8 Å². The number of amides is 3. The van der Waals surface area contributed by atoms with Crippen LogP contribution in [0.3, 0.4) is 0 Å². The molecule has 3 aromatic rings. The van der Waals surface area contributed by atoms with Crippen LogP contribution < -0.4 is 21.3 Å². The van der Waals surface area contributed by atoms with Crippen molar-refractivity contribution in [3.05, 3.63) is 77.1 Å². The van der Waals surface area contributed by atoms with Gasteiger partial charge in [-0.2, -0.15) is 0 Å². The molecule has 154 valence electrons. The van der Waals surface area contributed by atoms with Gasteiger partial charge in [-0.3, -0.25) is 10.1 Å². The van der Waals surface area contributed by atoms with Crippen LogP contribution in [0.15, 0.2) is 54.6 Å². The Morgan fingerprint density at radius 1 is 0.900 bits per heavy atom. The van der Waals surface area contributed by atoms with E-state index >= 15 is 0 Å². The lowest BCUT2D eigenvalue weighted by Crippen LogP contribution is -2.24. The molecule has 3 rings (SSSR count). The van der Waals surface area contributed by atoms with Crippen molar-refractivity contribution in [3.63, 3.8) is 0 Å². The predicted octanol–water partition coefficient (Wildman–Crippen LogP) is 3.71. The minimum absolute atomic E-state index is 0.215. The number of hydrogen-bond acceptors (Lipinski definition) is 5. The number of anilines is 3. The molecule has 1 aromatic heterocycles. The summed E-state index contributed by atoms with van der Waals surface area (Å²) in [6, 6.07) is 16.0. The second-order valence-electron chi connectivity index (χ2n) is 6.71. The first kappa shape index (κ1) is 20.8. The van der Waals surface area contributed by atoms with Gasteiger partial charge in [-0.05, 0) is 37.1 Å². The van der Waals surface area contributed by atoms with Gasteiger partial charge in [0.05, 0.1) is 0 Å². The quantitative estimate of drug-likeness (QED) is 0.501. The number of hydrogen-bond donors (Lipinski definition) is 4. The Balaban J connectivity index is 1.66. The van der Waals surface area contributed by atoms with E-state index in [0.717, 1.165) is 11.1 Å². The second-order valence-corrected chi connectivity index (χ2v) is 6.71. The van der Waals surface area contributed by atoms with E-state index in [1.807, 2.05) is 37.3 Å². The largest absolute Gasteiger partial charge is 0.373 e. The molecule has 0 radical (unpaired) electrons. The summed E-state index contributed by atoms with van der Waals surface area (Å²) in [6.45, 7) is 4.03. The third-order valence-corrected chi connectivity index (χ3v) is 4.38. The number of urea groups is 1. The molecule has 1 heterocycles. The molecule has 0 saturated heterocycles. The molecule has 8 heteroatoms. The third-order valence-electron chi connectivity index (χ3n) is 4.38. The van der Waals surface area contributed by atoms with E-state index < -0.39 is 6.03 Å². The number of carbonyl (C=O) groups is 2. The maximum absolute atomic E-state index is 12.5. The molecule has 3 amide bonds. The van der Waals surface area contributed by atoms with Crippen LogP contribution in [0.5, 0.6) is 0 Å². The zero-order valence-corrected chi connectivity index (χ0v) is 17.1. The van der Waals surface area contributed by atoms with Gasteiger partial charge in [-0.25, -0.2) is 14.8 Å². The number of benzene rings is 2. The van der Waals surface area contributed by atoms with Crippen LogP contribution >= 0.6 is 0 Å². The lowest BCUT2D eigenvalue weighted by molar-refractivity contribution is 0.0951. The van der Waals surface area contributed by atoms with E-state index in [4.69, 9.17) is 0 Å². The highest BCUT2D eigenvalue weighted by atomic mass is 16.2. The van der Waals surface area contributed by atoms with Crippen LogP contribution in [0.25, 0.3) is 0 Å². The fraction of sp³-hybridized carbons (Fsp3) is 0.182. The third kappa shape index (κ3) is 5.54. The first-order valence-electron chi connectivity index (χ1n) is 9.49. The van der Waals surface area contributed by atoms with Crippen molar-refractivity contribution in [2.75, 3.05) is 23.0 Å².